The SMILES string of the molecule is O=C1N/C(=C/c2ccc(OCc3ccc([N+](=O)[O-])cc3)c(I)c2)C(=O)N1c1ccc(Cl)cc1. The van der Waals surface area contributed by atoms with Crippen molar-refractivity contribution in [2.24, 2.45) is 0 Å². The average molecular weight is 576 g/mol. The van der Waals surface area contributed by atoms with Gasteiger partial charge in [-0.25, -0.2) is 9.69 Å². The number of ether oxygens (including phenoxy) is 1. The van der Waals surface area contributed by atoms with Gasteiger partial charge in [-0.3, -0.25) is 14.9 Å². The van der Waals surface area contributed by atoms with E-state index in [-0.39, 0.29) is 18.0 Å². The van der Waals surface area contributed by atoms with E-state index < -0.39 is 16.9 Å². The fourth-order valence-electron chi connectivity index (χ4n) is 3.13. The van der Waals surface area contributed by atoms with E-state index in [2.05, 4.69) is 27.9 Å². The number of nitro benzene ring substituents is 1. The van der Waals surface area contributed by atoms with E-state index in [0.717, 1.165) is 14.0 Å². The summed E-state index contributed by atoms with van der Waals surface area (Å²) in [5.74, 6) is 0.163. The Labute approximate surface area is 207 Å². The van der Waals surface area contributed by atoms with E-state index in [1.165, 1.54) is 12.1 Å². The van der Waals surface area contributed by atoms with Crippen molar-refractivity contribution < 1.29 is 19.2 Å². The molecule has 0 radical (unpaired) electrons. The summed E-state index contributed by atoms with van der Waals surface area (Å²) in [4.78, 5) is 36.4. The zero-order valence-corrected chi connectivity index (χ0v) is 19.7. The zero-order chi connectivity index (χ0) is 23.5. The molecule has 1 N–H and O–H groups in total. The molecule has 1 heterocycles. The van der Waals surface area contributed by atoms with E-state index in [1.54, 1.807) is 54.6 Å². The van der Waals surface area contributed by atoms with Crippen molar-refractivity contribution in [1.29, 1.82) is 0 Å². The van der Waals surface area contributed by atoms with Crippen LogP contribution in [-0.2, 0) is 11.4 Å². The van der Waals surface area contributed by atoms with Crippen LogP contribution in [0.3, 0.4) is 0 Å². The number of nitrogens with zero attached hydrogens (tertiary/aromatic N) is 2. The Morgan fingerprint density at radius 2 is 1.76 bits per heavy atom. The number of urea groups is 1. The highest BCUT2D eigenvalue weighted by Crippen LogP contribution is 2.27. The van der Waals surface area contributed by atoms with Crippen molar-refractivity contribution in [3.63, 3.8) is 0 Å². The van der Waals surface area contributed by atoms with Crippen LogP contribution in [0.1, 0.15) is 11.1 Å². The highest BCUT2D eigenvalue weighted by molar-refractivity contribution is 14.1. The first-order valence-corrected chi connectivity index (χ1v) is 11.1. The standard InChI is InChI=1S/C23H15ClIN3O5/c24-16-4-8-17(9-5-16)27-22(29)20(26-23(27)30)12-15-3-10-21(19(25)11-15)33-13-14-1-6-18(7-2-14)28(31)32/h1-12H,13H2,(H,26,30)/b20-12+. The lowest BCUT2D eigenvalue weighted by Gasteiger charge is -2.11. The number of nitro groups is 1. The highest BCUT2D eigenvalue weighted by Gasteiger charge is 2.34. The van der Waals surface area contributed by atoms with Crippen molar-refractivity contribution in [3.05, 3.63) is 102 Å². The zero-order valence-electron chi connectivity index (χ0n) is 16.8. The summed E-state index contributed by atoms with van der Waals surface area (Å²) in [6.07, 6.45) is 1.60. The van der Waals surface area contributed by atoms with E-state index in [9.17, 15) is 19.7 Å². The first-order chi connectivity index (χ1) is 15.8. The molecule has 0 bridgehead atoms. The number of carbonyl (C=O) groups excluding carboxylic acids is 2. The molecule has 4 rings (SSSR count). The molecule has 3 aromatic rings. The number of halogens is 2. The summed E-state index contributed by atoms with van der Waals surface area (Å²) in [7, 11) is 0. The number of carbonyl (C=O) groups is 2. The third-order valence-corrected chi connectivity index (χ3v) is 5.87. The first kappa shape index (κ1) is 22.7. The quantitative estimate of drug-likeness (QED) is 0.137. The summed E-state index contributed by atoms with van der Waals surface area (Å²) in [6.45, 7) is 0.249. The molecule has 3 amide bonds. The summed E-state index contributed by atoms with van der Waals surface area (Å²) in [6, 6.07) is 17.4. The van der Waals surface area contributed by atoms with Crippen LogP contribution in [0.5, 0.6) is 5.75 Å². The monoisotopic (exact) mass is 575 g/mol. The van der Waals surface area contributed by atoms with Crippen molar-refractivity contribution in [2.45, 2.75) is 6.61 Å². The second-order valence-electron chi connectivity index (χ2n) is 7.01. The predicted molar refractivity (Wildman–Crippen MR) is 132 cm³/mol. The molecule has 0 aromatic heterocycles. The number of amides is 3. The van der Waals surface area contributed by atoms with Crippen LogP contribution in [0.25, 0.3) is 6.08 Å². The number of rotatable bonds is 6. The van der Waals surface area contributed by atoms with Gasteiger partial charge in [-0.1, -0.05) is 17.7 Å². The van der Waals surface area contributed by atoms with Gasteiger partial charge in [0, 0.05) is 17.2 Å². The molecule has 0 unspecified atom stereocenters. The molecule has 3 aromatic carbocycles. The fourth-order valence-corrected chi connectivity index (χ4v) is 3.95. The Balaban J connectivity index is 1.46. The Morgan fingerprint density at radius 3 is 2.39 bits per heavy atom. The third-order valence-electron chi connectivity index (χ3n) is 4.77. The maximum absolute atomic E-state index is 12.8. The molecule has 8 nitrogen and oxygen atoms in total. The van der Waals surface area contributed by atoms with Gasteiger partial charge in [0.1, 0.15) is 18.1 Å². The van der Waals surface area contributed by atoms with Crippen LogP contribution in [0.15, 0.2) is 72.4 Å². The van der Waals surface area contributed by atoms with Gasteiger partial charge in [-0.15, -0.1) is 0 Å². The summed E-state index contributed by atoms with van der Waals surface area (Å²) >= 11 is 7.99. The fraction of sp³-hybridized carbons (Fsp3) is 0.0435. The lowest BCUT2D eigenvalue weighted by molar-refractivity contribution is -0.384. The normalized spacial score (nSPS) is 14.5. The number of benzene rings is 3. The van der Waals surface area contributed by atoms with Crippen LogP contribution in [0.2, 0.25) is 5.02 Å². The lowest BCUT2D eigenvalue weighted by Crippen LogP contribution is -2.30. The predicted octanol–water partition coefficient (Wildman–Crippen LogP) is 5.53. The summed E-state index contributed by atoms with van der Waals surface area (Å²) in [5, 5.41) is 13.8. The number of hydrogen-bond acceptors (Lipinski definition) is 5. The molecule has 166 valence electrons. The number of imide groups is 1. The minimum atomic E-state index is -0.536. The topological polar surface area (TPSA) is 102 Å². The summed E-state index contributed by atoms with van der Waals surface area (Å²) < 4.78 is 6.62. The van der Waals surface area contributed by atoms with Gasteiger partial charge in [0.15, 0.2) is 0 Å². The first-order valence-electron chi connectivity index (χ1n) is 9.60. The van der Waals surface area contributed by atoms with Crippen LogP contribution in [-0.4, -0.2) is 16.9 Å². The van der Waals surface area contributed by atoms with Gasteiger partial charge in [-0.05, 0) is 88.3 Å². The van der Waals surface area contributed by atoms with Crippen LogP contribution in [0, 0.1) is 13.7 Å². The molecule has 1 aliphatic rings. The van der Waals surface area contributed by atoms with E-state index >= 15 is 0 Å². The minimum absolute atomic E-state index is 0.0221. The molecule has 0 atom stereocenters. The number of anilines is 1. The van der Waals surface area contributed by atoms with Crippen LogP contribution < -0.4 is 15.0 Å². The van der Waals surface area contributed by atoms with Crippen molar-refractivity contribution >= 4 is 63.6 Å². The molecule has 0 spiro atoms. The molecular weight excluding hydrogens is 561 g/mol. The molecule has 1 fully saturated rings. The molecule has 10 heteroatoms. The lowest BCUT2D eigenvalue weighted by atomic mass is 10.1. The van der Waals surface area contributed by atoms with E-state index in [4.69, 9.17) is 16.3 Å². The minimum Gasteiger partial charge on any atom is -0.488 e. The van der Waals surface area contributed by atoms with Crippen LogP contribution >= 0.6 is 34.2 Å². The van der Waals surface area contributed by atoms with Crippen molar-refractivity contribution in [2.75, 3.05) is 4.90 Å². The smallest absolute Gasteiger partial charge is 0.333 e. The largest absolute Gasteiger partial charge is 0.488 e. The molecule has 0 aliphatic carbocycles. The summed E-state index contributed by atoms with van der Waals surface area (Å²) in [5.41, 5.74) is 2.11. The number of hydrogen-bond donors (Lipinski definition) is 1. The Kier molecular flexibility index (Phi) is 6.61. The molecular formula is C23H15ClIN3O5. The molecule has 1 saturated heterocycles. The van der Waals surface area contributed by atoms with E-state index in [0.29, 0.717) is 22.0 Å². The van der Waals surface area contributed by atoms with Gasteiger partial charge in [0.25, 0.3) is 11.6 Å². The molecule has 33 heavy (non-hydrogen) atoms. The van der Waals surface area contributed by atoms with Gasteiger partial charge in [0.05, 0.1) is 14.2 Å². The Morgan fingerprint density at radius 1 is 1.06 bits per heavy atom. The molecule has 1 aliphatic heterocycles. The highest BCUT2D eigenvalue weighted by atomic mass is 127. The van der Waals surface area contributed by atoms with Crippen molar-refractivity contribution in [3.8, 4) is 5.75 Å². The third kappa shape index (κ3) is 5.15. The average Bonchev–Trinajstić information content (AvgIpc) is 3.07. The van der Waals surface area contributed by atoms with Gasteiger partial charge in [-0.2, -0.15) is 0 Å². The molecule has 0 saturated carbocycles. The van der Waals surface area contributed by atoms with Crippen molar-refractivity contribution in [1.82, 2.24) is 5.32 Å². The van der Waals surface area contributed by atoms with Gasteiger partial charge < -0.3 is 10.1 Å². The second-order valence-corrected chi connectivity index (χ2v) is 8.61. The van der Waals surface area contributed by atoms with Gasteiger partial charge in [0.2, 0.25) is 0 Å². The number of nitrogens with one attached hydrogen (secondary N) is 1. The Hall–Kier alpha value is -3.44. The second kappa shape index (κ2) is 9.59. The van der Waals surface area contributed by atoms with E-state index in [1.807, 2.05) is 6.07 Å². The maximum atomic E-state index is 12.8. The maximum Gasteiger partial charge on any atom is 0.333 e. The Bertz CT molecular complexity index is 1280. The van der Waals surface area contributed by atoms with Gasteiger partial charge >= 0.3 is 6.03 Å². The number of non-ortho nitro benzene ring substituents is 1. The van der Waals surface area contributed by atoms with Crippen LogP contribution in [0.4, 0.5) is 16.2 Å².